The smallest absolute Gasteiger partial charge is 0.315 e. The number of ether oxygens (including phenoxy) is 2. The van der Waals surface area contributed by atoms with E-state index in [1.165, 1.54) is 32.1 Å². The monoisotopic (exact) mass is 571 g/mol. The molecule has 0 aromatic rings. The van der Waals surface area contributed by atoms with Gasteiger partial charge in [-0.05, 0) is 74.7 Å². The van der Waals surface area contributed by atoms with E-state index in [0.29, 0.717) is 24.8 Å². The highest BCUT2D eigenvalue weighted by Crippen LogP contribution is 2.82. The van der Waals surface area contributed by atoms with Crippen LogP contribution in [0, 0.1) is 51.8 Å². The van der Waals surface area contributed by atoms with Crippen LogP contribution in [0.3, 0.4) is 0 Å². The molecule has 7 heteroatoms. The van der Waals surface area contributed by atoms with Gasteiger partial charge in [-0.15, -0.1) is 0 Å². The summed E-state index contributed by atoms with van der Waals surface area (Å²) in [6.45, 7) is 10.9. The number of carbonyl (C=O) groups excluding carboxylic acids is 1. The second-order valence-corrected chi connectivity index (χ2v) is 15.2. The molecule has 4 bridgehead atoms. The zero-order valence-corrected chi connectivity index (χ0v) is 25.7. The van der Waals surface area contributed by atoms with Crippen LogP contribution < -0.4 is 0 Å². The fourth-order valence-corrected chi connectivity index (χ4v) is 11.2. The van der Waals surface area contributed by atoms with Crippen LogP contribution >= 0.6 is 0 Å². The molecule has 230 valence electrons. The van der Waals surface area contributed by atoms with Gasteiger partial charge >= 0.3 is 5.97 Å². The Morgan fingerprint density at radius 2 is 1.90 bits per heavy atom. The van der Waals surface area contributed by atoms with Crippen molar-refractivity contribution in [2.45, 2.75) is 110 Å². The van der Waals surface area contributed by atoms with E-state index in [0.717, 1.165) is 56.5 Å². The standard InChI is InChI=1S/C34H53NO6/c1-21(2)28-14-25-15-32(19-36)27-11-10-22(3)26(27)16-33(25,34(28,32)31(38)39)20-40-30-29(37)18-35(17-23(4)41-30)13-12-24-8-6-5-7-9-24/h14,19,21-27,29-30,37H,5-13,15-18,20H2,1-4H3,(H,38,39)/t22-,23-,25?,26-,27-,29+,30-,32?,33?,34+/m1/s1. The maximum Gasteiger partial charge on any atom is 0.315 e. The molecule has 3 unspecified atom stereocenters. The van der Waals surface area contributed by atoms with Crippen molar-refractivity contribution in [1.82, 2.24) is 4.90 Å². The number of hydrogen-bond donors (Lipinski definition) is 2. The first-order valence-electron chi connectivity index (χ1n) is 16.7. The summed E-state index contributed by atoms with van der Waals surface area (Å²) >= 11 is 0. The number of aliphatic hydroxyl groups excluding tert-OH is 1. The fourth-order valence-electron chi connectivity index (χ4n) is 11.2. The van der Waals surface area contributed by atoms with Crippen LogP contribution in [0.15, 0.2) is 11.6 Å². The number of nitrogens with zero attached hydrogens (tertiary/aromatic N) is 1. The van der Waals surface area contributed by atoms with Crippen molar-refractivity contribution in [3.8, 4) is 0 Å². The average Bonchev–Trinajstić information content (AvgIpc) is 3.47. The van der Waals surface area contributed by atoms with Crippen LogP contribution in [0.2, 0.25) is 0 Å². The van der Waals surface area contributed by atoms with Gasteiger partial charge in [-0.2, -0.15) is 0 Å². The number of β-amino-alcohol motifs (C(OH)–C–C–N with tert-alkyl or cyclic N) is 1. The Hall–Kier alpha value is -1.28. The highest BCUT2D eigenvalue weighted by molar-refractivity contribution is 5.90. The van der Waals surface area contributed by atoms with Gasteiger partial charge in [0.05, 0.1) is 18.1 Å². The zero-order valence-electron chi connectivity index (χ0n) is 25.7. The summed E-state index contributed by atoms with van der Waals surface area (Å²) < 4.78 is 12.9. The van der Waals surface area contributed by atoms with E-state index in [1.807, 2.05) is 6.92 Å². The minimum atomic E-state index is -1.26. The molecule has 0 spiro atoms. The molecule has 0 aromatic heterocycles. The van der Waals surface area contributed by atoms with E-state index < -0.39 is 34.6 Å². The van der Waals surface area contributed by atoms with E-state index in [4.69, 9.17) is 9.47 Å². The molecule has 6 aliphatic rings. The molecule has 6 rings (SSSR count). The van der Waals surface area contributed by atoms with Gasteiger partial charge in [0.25, 0.3) is 0 Å². The van der Waals surface area contributed by atoms with Crippen molar-refractivity contribution < 1.29 is 29.3 Å². The minimum Gasteiger partial charge on any atom is -0.481 e. The summed E-state index contributed by atoms with van der Waals surface area (Å²) in [5.74, 6) is 0.803. The predicted octanol–water partition coefficient (Wildman–Crippen LogP) is 5.31. The molecule has 7 nitrogen and oxygen atoms in total. The molecule has 2 N–H and O–H groups in total. The molecule has 1 saturated heterocycles. The summed E-state index contributed by atoms with van der Waals surface area (Å²) in [6.07, 6.45) is 12.7. The first-order chi connectivity index (χ1) is 19.6. The number of aliphatic carboxylic acids is 1. The second-order valence-electron chi connectivity index (χ2n) is 15.2. The van der Waals surface area contributed by atoms with Gasteiger partial charge in [-0.25, -0.2) is 0 Å². The van der Waals surface area contributed by atoms with E-state index in [1.54, 1.807) is 0 Å². The number of rotatable bonds is 9. The Balaban J connectivity index is 1.25. The molecule has 0 amide bonds. The lowest BCUT2D eigenvalue weighted by Crippen LogP contribution is -2.63. The molecule has 5 aliphatic carbocycles. The molecule has 4 saturated carbocycles. The maximum absolute atomic E-state index is 13.7. The minimum absolute atomic E-state index is 0.0219. The lowest BCUT2D eigenvalue weighted by molar-refractivity contribution is -0.235. The quantitative estimate of drug-likeness (QED) is 0.286. The van der Waals surface area contributed by atoms with Crippen LogP contribution in [-0.4, -0.2) is 72.1 Å². The number of aliphatic hydroxyl groups is 1. The Bertz CT molecular complexity index is 1040. The van der Waals surface area contributed by atoms with Gasteiger partial charge < -0.3 is 24.5 Å². The van der Waals surface area contributed by atoms with Gasteiger partial charge in [0, 0.05) is 18.5 Å². The first kappa shape index (κ1) is 29.8. The Morgan fingerprint density at radius 3 is 2.59 bits per heavy atom. The van der Waals surface area contributed by atoms with Crippen LogP contribution in [0.4, 0.5) is 0 Å². The molecular formula is C34H53NO6. The average molecular weight is 572 g/mol. The topological polar surface area (TPSA) is 96.3 Å². The van der Waals surface area contributed by atoms with Crippen LogP contribution in [0.1, 0.15) is 91.9 Å². The Kier molecular flexibility index (Phi) is 8.00. The van der Waals surface area contributed by atoms with Crippen molar-refractivity contribution in [3.63, 3.8) is 0 Å². The molecular weight excluding hydrogens is 518 g/mol. The van der Waals surface area contributed by atoms with E-state index in [9.17, 15) is 19.8 Å². The third-order valence-electron chi connectivity index (χ3n) is 12.8. The SMILES string of the molecule is CC(C)C1=CC2CC3(C=O)[C@@H]4CC[C@@H](C)[C@H]4CC2(CO[C@@H]2O[C@H](C)CN(CCC4CCCCC4)C[C@@H]2O)[C@]13C(=O)O. The van der Waals surface area contributed by atoms with Crippen LogP contribution in [-0.2, 0) is 19.1 Å². The van der Waals surface area contributed by atoms with Gasteiger partial charge in [-0.3, -0.25) is 9.69 Å². The molecule has 1 aliphatic heterocycles. The normalized spacial score (nSPS) is 46.4. The van der Waals surface area contributed by atoms with Crippen molar-refractivity contribution >= 4 is 12.3 Å². The summed E-state index contributed by atoms with van der Waals surface area (Å²) in [5.41, 5.74) is -1.96. The van der Waals surface area contributed by atoms with E-state index in [2.05, 4.69) is 31.7 Å². The largest absolute Gasteiger partial charge is 0.481 e. The summed E-state index contributed by atoms with van der Waals surface area (Å²) in [6, 6.07) is 0. The van der Waals surface area contributed by atoms with Crippen LogP contribution in [0.5, 0.6) is 0 Å². The lowest BCUT2D eigenvalue weighted by atomic mass is 9.43. The number of aldehydes is 1. The lowest BCUT2D eigenvalue weighted by Gasteiger charge is -2.58. The third kappa shape index (κ3) is 4.34. The van der Waals surface area contributed by atoms with Gasteiger partial charge in [0.2, 0.25) is 0 Å². The molecule has 1 heterocycles. The summed E-state index contributed by atoms with van der Waals surface area (Å²) in [4.78, 5) is 29.3. The van der Waals surface area contributed by atoms with Crippen LogP contribution in [0.25, 0.3) is 0 Å². The number of allylic oxidation sites excluding steroid dienone is 1. The molecule has 0 radical (unpaired) electrons. The van der Waals surface area contributed by atoms with Crippen molar-refractivity contribution in [1.29, 1.82) is 0 Å². The number of carboxylic acid groups (broad SMARTS) is 1. The molecule has 41 heavy (non-hydrogen) atoms. The fraction of sp³-hybridized carbons (Fsp3) is 0.882. The van der Waals surface area contributed by atoms with Crippen molar-refractivity contribution in [2.75, 3.05) is 26.2 Å². The highest BCUT2D eigenvalue weighted by atomic mass is 16.7. The van der Waals surface area contributed by atoms with E-state index in [-0.39, 0.29) is 30.5 Å². The number of hydrogen-bond acceptors (Lipinski definition) is 6. The predicted molar refractivity (Wildman–Crippen MR) is 156 cm³/mol. The Labute approximate surface area is 246 Å². The van der Waals surface area contributed by atoms with Crippen molar-refractivity contribution in [2.24, 2.45) is 51.8 Å². The van der Waals surface area contributed by atoms with Gasteiger partial charge in [0.15, 0.2) is 6.29 Å². The highest BCUT2D eigenvalue weighted by Gasteiger charge is 2.84. The molecule has 10 atom stereocenters. The van der Waals surface area contributed by atoms with Gasteiger partial charge in [-0.1, -0.05) is 70.9 Å². The van der Waals surface area contributed by atoms with E-state index >= 15 is 0 Å². The first-order valence-corrected chi connectivity index (χ1v) is 16.7. The second kappa shape index (κ2) is 11.0. The third-order valence-corrected chi connectivity index (χ3v) is 12.8. The molecule has 0 aromatic carbocycles. The maximum atomic E-state index is 13.7. The zero-order chi connectivity index (χ0) is 29.2. The van der Waals surface area contributed by atoms with Crippen molar-refractivity contribution in [3.05, 3.63) is 11.6 Å². The number of carbonyl (C=O) groups is 2. The number of carboxylic acids is 1. The summed E-state index contributed by atoms with van der Waals surface area (Å²) in [5, 5.41) is 22.5. The summed E-state index contributed by atoms with van der Waals surface area (Å²) in [7, 11) is 0. The van der Waals surface area contributed by atoms with Gasteiger partial charge in [0.1, 0.15) is 17.8 Å². The molecule has 5 fully saturated rings. The number of fused-ring (bicyclic) bond motifs is 2. The Morgan fingerprint density at radius 1 is 1.15 bits per heavy atom.